The number of rotatable bonds is 5. The number of aromatic amines is 1. The highest BCUT2D eigenvalue weighted by Crippen LogP contribution is 2.34. The normalized spacial score (nSPS) is 12.4. The largest absolute Gasteiger partial charge is 0.478 e. The van der Waals surface area contributed by atoms with Crippen molar-refractivity contribution in [1.82, 2.24) is 14.9 Å². The van der Waals surface area contributed by atoms with Crippen molar-refractivity contribution in [2.24, 2.45) is 0 Å². The molecule has 0 aliphatic carbocycles. The topological polar surface area (TPSA) is 112 Å². The Morgan fingerprint density at radius 3 is 2.60 bits per heavy atom. The minimum atomic E-state index is -4.68. The second-order valence-corrected chi connectivity index (χ2v) is 7.56. The molecule has 12 heteroatoms. The number of alkyl halides is 3. The van der Waals surface area contributed by atoms with E-state index in [9.17, 15) is 26.4 Å². The van der Waals surface area contributed by atoms with Crippen LogP contribution in [-0.2, 0) is 22.7 Å². The molecule has 0 amide bonds. The van der Waals surface area contributed by atoms with Crippen LogP contribution in [0.25, 0.3) is 0 Å². The van der Waals surface area contributed by atoms with E-state index in [0.717, 1.165) is 12.1 Å². The molecule has 1 heterocycles. The second-order valence-electron chi connectivity index (χ2n) is 4.96. The van der Waals surface area contributed by atoms with Crippen molar-refractivity contribution in [3.63, 3.8) is 0 Å². The maximum Gasteiger partial charge on any atom is 0.416 e. The SMILES string of the molecule is Cc1[nH]nc(S(=O)(=O)NCc2ccc(Br)cc2C(F)(F)F)c1C(=O)O. The Bertz CT molecular complexity index is 925. The predicted octanol–water partition coefficient (Wildman–Crippen LogP) is 2.68. The third-order valence-corrected chi connectivity index (χ3v) is 5.03. The van der Waals surface area contributed by atoms with Crippen molar-refractivity contribution in [3.05, 3.63) is 45.1 Å². The van der Waals surface area contributed by atoms with Gasteiger partial charge in [-0.2, -0.15) is 18.3 Å². The minimum absolute atomic E-state index is 0.00694. The van der Waals surface area contributed by atoms with Gasteiger partial charge < -0.3 is 5.11 Å². The van der Waals surface area contributed by atoms with E-state index < -0.39 is 44.9 Å². The molecule has 0 aliphatic rings. The zero-order valence-electron chi connectivity index (χ0n) is 12.5. The van der Waals surface area contributed by atoms with E-state index >= 15 is 0 Å². The Morgan fingerprint density at radius 2 is 2.04 bits per heavy atom. The van der Waals surface area contributed by atoms with Gasteiger partial charge in [-0.1, -0.05) is 22.0 Å². The van der Waals surface area contributed by atoms with Gasteiger partial charge in [0.15, 0.2) is 0 Å². The van der Waals surface area contributed by atoms with Crippen molar-refractivity contribution in [3.8, 4) is 0 Å². The summed E-state index contributed by atoms with van der Waals surface area (Å²) < 4.78 is 65.7. The molecule has 136 valence electrons. The Hall–Kier alpha value is -1.92. The maximum atomic E-state index is 13.1. The third kappa shape index (κ3) is 4.19. The molecule has 0 saturated carbocycles. The van der Waals surface area contributed by atoms with Crippen LogP contribution in [0.2, 0.25) is 0 Å². The molecule has 1 aromatic carbocycles. The number of hydrogen-bond donors (Lipinski definition) is 3. The van der Waals surface area contributed by atoms with Crippen LogP contribution in [0.1, 0.15) is 27.2 Å². The highest BCUT2D eigenvalue weighted by Gasteiger charge is 2.34. The predicted molar refractivity (Wildman–Crippen MR) is 83.5 cm³/mol. The summed E-state index contributed by atoms with van der Waals surface area (Å²) in [4.78, 5) is 11.1. The van der Waals surface area contributed by atoms with E-state index in [4.69, 9.17) is 5.11 Å². The number of carboxylic acid groups (broad SMARTS) is 1. The van der Waals surface area contributed by atoms with E-state index in [1.165, 1.54) is 13.0 Å². The molecule has 0 fully saturated rings. The van der Waals surface area contributed by atoms with Gasteiger partial charge >= 0.3 is 12.1 Å². The van der Waals surface area contributed by atoms with Gasteiger partial charge in [0.1, 0.15) is 5.56 Å². The van der Waals surface area contributed by atoms with E-state index in [1.54, 1.807) is 0 Å². The lowest BCUT2D eigenvalue weighted by Crippen LogP contribution is -2.26. The number of nitrogens with zero attached hydrogens (tertiary/aromatic N) is 1. The lowest BCUT2D eigenvalue weighted by atomic mass is 10.1. The van der Waals surface area contributed by atoms with Crippen LogP contribution < -0.4 is 4.72 Å². The zero-order chi connectivity index (χ0) is 19.0. The van der Waals surface area contributed by atoms with Crippen LogP contribution in [-0.4, -0.2) is 29.7 Å². The summed E-state index contributed by atoms with van der Waals surface area (Å²) in [5, 5.41) is 13.9. The standard InChI is InChI=1S/C13H11BrF3N3O4S/c1-6-10(12(21)22)11(20-19-6)25(23,24)18-5-7-2-3-8(14)4-9(7)13(15,16)17/h2-4,18H,5H2,1H3,(H,19,20)(H,21,22). The average molecular weight is 442 g/mol. The lowest BCUT2D eigenvalue weighted by molar-refractivity contribution is -0.138. The summed E-state index contributed by atoms with van der Waals surface area (Å²) in [6.07, 6.45) is -4.68. The number of aryl methyl sites for hydroxylation is 1. The molecule has 0 spiro atoms. The molecule has 2 rings (SSSR count). The van der Waals surface area contributed by atoms with Gasteiger partial charge in [0.05, 0.1) is 5.56 Å². The first-order valence-corrected chi connectivity index (χ1v) is 8.84. The third-order valence-electron chi connectivity index (χ3n) is 3.21. The first-order valence-electron chi connectivity index (χ1n) is 6.57. The number of carbonyl (C=O) groups is 1. The Morgan fingerprint density at radius 1 is 1.40 bits per heavy atom. The van der Waals surface area contributed by atoms with E-state index in [1.807, 2.05) is 4.72 Å². The monoisotopic (exact) mass is 441 g/mol. The quantitative estimate of drug-likeness (QED) is 0.660. The number of benzene rings is 1. The molecule has 0 saturated heterocycles. The number of sulfonamides is 1. The molecule has 2 aromatic rings. The molecule has 7 nitrogen and oxygen atoms in total. The maximum absolute atomic E-state index is 13.1. The Balaban J connectivity index is 2.35. The van der Waals surface area contributed by atoms with Crippen LogP contribution in [0.15, 0.2) is 27.7 Å². The smallest absolute Gasteiger partial charge is 0.416 e. The molecule has 1 aromatic heterocycles. The summed E-state index contributed by atoms with van der Waals surface area (Å²) in [7, 11) is -4.44. The first-order chi connectivity index (χ1) is 11.4. The molecular weight excluding hydrogens is 431 g/mol. The van der Waals surface area contributed by atoms with Gasteiger partial charge in [-0.25, -0.2) is 17.9 Å². The average Bonchev–Trinajstić information content (AvgIpc) is 2.88. The molecule has 3 N–H and O–H groups in total. The molecular formula is C13H11BrF3N3O4S. The summed E-state index contributed by atoms with van der Waals surface area (Å²) in [5.41, 5.74) is -1.89. The lowest BCUT2D eigenvalue weighted by Gasteiger charge is -2.14. The first kappa shape index (κ1) is 19.4. The van der Waals surface area contributed by atoms with Crippen molar-refractivity contribution in [1.29, 1.82) is 0 Å². The van der Waals surface area contributed by atoms with Crippen LogP contribution in [0.4, 0.5) is 13.2 Å². The summed E-state index contributed by atoms with van der Waals surface area (Å²) in [6, 6.07) is 3.27. The van der Waals surface area contributed by atoms with Crippen LogP contribution in [0, 0.1) is 6.92 Å². The van der Waals surface area contributed by atoms with E-state index in [0.29, 0.717) is 0 Å². The molecule has 0 unspecified atom stereocenters. The fourth-order valence-electron chi connectivity index (χ4n) is 2.06. The number of nitrogens with one attached hydrogen (secondary N) is 2. The molecule has 25 heavy (non-hydrogen) atoms. The number of aromatic nitrogens is 2. The molecule has 0 radical (unpaired) electrons. The number of halogens is 4. The second kappa shape index (κ2) is 6.77. The van der Waals surface area contributed by atoms with Crippen LogP contribution in [0.5, 0.6) is 0 Å². The van der Waals surface area contributed by atoms with Gasteiger partial charge in [0, 0.05) is 16.7 Å². The fraction of sp³-hybridized carbons (Fsp3) is 0.231. The number of H-pyrrole nitrogens is 1. The summed E-state index contributed by atoms with van der Waals surface area (Å²) in [5.74, 6) is -1.52. The van der Waals surface area contributed by atoms with Gasteiger partial charge in [-0.15, -0.1) is 0 Å². The van der Waals surface area contributed by atoms with Crippen molar-refractivity contribution >= 4 is 31.9 Å². The van der Waals surface area contributed by atoms with Crippen LogP contribution >= 0.6 is 15.9 Å². The molecule has 0 bridgehead atoms. The molecule has 0 atom stereocenters. The zero-order valence-corrected chi connectivity index (χ0v) is 14.9. The van der Waals surface area contributed by atoms with E-state index in [-0.39, 0.29) is 15.7 Å². The highest BCUT2D eigenvalue weighted by molar-refractivity contribution is 9.10. The van der Waals surface area contributed by atoms with Gasteiger partial charge in [0.2, 0.25) is 5.03 Å². The van der Waals surface area contributed by atoms with Gasteiger partial charge in [-0.3, -0.25) is 5.10 Å². The van der Waals surface area contributed by atoms with Crippen molar-refractivity contribution < 1.29 is 31.5 Å². The van der Waals surface area contributed by atoms with E-state index in [2.05, 4.69) is 26.1 Å². The number of carboxylic acids is 1. The van der Waals surface area contributed by atoms with Gasteiger partial charge in [-0.05, 0) is 24.6 Å². The minimum Gasteiger partial charge on any atom is -0.478 e. The van der Waals surface area contributed by atoms with Crippen molar-refractivity contribution in [2.45, 2.75) is 24.7 Å². The van der Waals surface area contributed by atoms with Gasteiger partial charge in [0.25, 0.3) is 10.0 Å². The Kier molecular flexibility index (Phi) is 5.25. The summed E-state index contributed by atoms with van der Waals surface area (Å²) >= 11 is 2.93. The van der Waals surface area contributed by atoms with Crippen molar-refractivity contribution in [2.75, 3.05) is 0 Å². The van der Waals surface area contributed by atoms with Crippen LogP contribution in [0.3, 0.4) is 0 Å². The summed E-state index contributed by atoms with van der Waals surface area (Å²) in [6.45, 7) is 0.626. The number of aromatic carboxylic acids is 1. The highest BCUT2D eigenvalue weighted by atomic mass is 79.9. The molecule has 0 aliphatic heterocycles. The number of hydrogen-bond acceptors (Lipinski definition) is 4. The Labute approximate surface area is 148 Å². The fourth-order valence-corrected chi connectivity index (χ4v) is 3.58.